The first-order valence-electron chi connectivity index (χ1n) is 9.13. The lowest BCUT2D eigenvalue weighted by Gasteiger charge is -2.37. The number of hydrogen-bond acceptors (Lipinski definition) is 6. The van der Waals surface area contributed by atoms with Crippen LogP contribution < -0.4 is 0 Å². The van der Waals surface area contributed by atoms with E-state index in [0.29, 0.717) is 43.3 Å². The molecule has 2 saturated heterocycles. The van der Waals surface area contributed by atoms with Crippen LogP contribution in [0, 0.1) is 6.92 Å². The molecule has 2 fully saturated rings. The monoisotopic (exact) mass is 365 g/mol. The zero-order chi connectivity index (χ0) is 18.7. The van der Waals surface area contributed by atoms with E-state index in [0.717, 1.165) is 19.3 Å². The molecule has 0 spiro atoms. The van der Waals surface area contributed by atoms with Crippen LogP contribution in [0.25, 0.3) is 0 Å². The Hall–Kier alpha value is -1.93. The molecule has 0 aliphatic carbocycles. The van der Waals surface area contributed by atoms with Gasteiger partial charge in [-0.1, -0.05) is 5.16 Å². The molecule has 1 unspecified atom stereocenters. The highest BCUT2D eigenvalue weighted by Crippen LogP contribution is 2.25. The van der Waals surface area contributed by atoms with Gasteiger partial charge >= 0.3 is 0 Å². The molecule has 1 atom stereocenters. The third kappa shape index (κ3) is 3.76. The van der Waals surface area contributed by atoms with E-state index in [-0.39, 0.29) is 30.5 Å². The second-order valence-corrected chi connectivity index (χ2v) is 6.96. The van der Waals surface area contributed by atoms with E-state index in [1.54, 1.807) is 25.9 Å². The molecule has 1 aromatic heterocycles. The standard InChI is InChI=1S/C18H27N3O5/c1-12-16(11-24-3)17(19-26-12)18(23)20-7-4-15(10-20)21(13(2)22)14-5-8-25-9-6-14/h14-15H,4-11H2,1-3H3. The summed E-state index contributed by atoms with van der Waals surface area (Å²) in [6, 6.07) is 0.234. The number of carbonyl (C=O) groups is 2. The largest absolute Gasteiger partial charge is 0.381 e. The van der Waals surface area contributed by atoms with Gasteiger partial charge in [0.15, 0.2) is 5.69 Å². The van der Waals surface area contributed by atoms with Crippen LogP contribution in [0.3, 0.4) is 0 Å². The summed E-state index contributed by atoms with van der Waals surface area (Å²) in [7, 11) is 1.57. The first-order chi connectivity index (χ1) is 12.5. The van der Waals surface area contributed by atoms with Crippen LogP contribution in [0.1, 0.15) is 48.0 Å². The number of ether oxygens (including phenoxy) is 2. The Morgan fingerprint density at radius 3 is 2.65 bits per heavy atom. The molecule has 8 nitrogen and oxygen atoms in total. The van der Waals surface area contributed by atoms with E-state index < -0.39 is 0 Å². The Labute approximate surface area is 153 Å². The Morgan fingerprint density at radius 1 is 1.27 bits per heavy atom. The first kappa shape index (κ1) is 18.8. The molecule has 26 heavy (non-hydrogen) atoms. The number of nitrogens with zero attached hydrogens (tertiary/aromatic N) is 3. The zero-order valence-corrected chi connectivity index (χ0v) is 15.7. The second-order valence-electron chi connectivity index (χ2n) is 6.96. The third-order valence-electron chi connectivity index (χ3n) is 5.27. The Bertz CT molecular complexity index is 653. The number of hydrogen-bond donors (Lipinski definition) is 0. The average molecular weight is 365 g/mol. The highest BCUT2D eigenvalue weighted by atomic mass is 16.5. The third-order valence-corrected chi connectivity index (χ3v) is 5.27. The van der Waals surface area contributed by atoms with Crippen molar-refractivity contribution in [3.8, 4) is 0 Å². The van der Waals surface area contributed by atoms with Gasteiger partial charge in [0.1, 0.15) is 5.76 Å². The molecule has 0 N–H and O–H groups in total. The van der Waals surface area contributed by atoms with Gasteiger partial charge in [-0.25, -0.2) is 0 Å². The van der Waals surface area contributed by atoms with Crippen molar-refractivity contribution in [3.63, 3.8) is 0 Å². The number of likely N-dealkylation sites (tertiary alicyclic amines) is 1. The summed E-state index contributed by atoms with van der Waals surface area (Å²) in [6.07, 6.45) is 2.48. The van der Waals surface area contributed by atoms with E-state index in [1.807, 2.05) is 4.90 Å². The van der Waals surface area contributed by atoms with Gasteiger partial charge in [0.2, 0.25) is 5.91 Å². The smallest absolute Gasteiger partial charge is 0.276 e. The van der Waals surface area contributed by atoms with E-state index in [1.165, 1.54) is 0 Å². The topological polar surface area (TPSA) is 85.1 Å². The summed E-state index contributed by atoms with van der Waals surface area (Å²) >= 11 is 0. The maximum Gasteiger partial charge on any atom is 0.276 e. The Morgan fingerprint density at radius 2 is 2.00 bits per heavy atom. The van der Waals surface area contributed by atoms with Crippen LogP contribution in [-0.4, -0.2) is 72.3 Å². The maximum absolute atomic E-state index is 12.9. The molecule has 0 saturated carbocycles. The quantitative estimate of drug-likeness (QED) is 0.783. The van der Waals surface area contributed by atoms with Crippen LogP contribution >= 0.6 is 0 Å². The summed E-state index contributed by atoms with van der Waals surface area (Å²) in [5.41, 5.74) is 0.999. The van der Waals surface area contributed by atoms with Crippen molar-refractivity contribution in [3.05, 3.63) is 17.0 Å². The van der Waals surface area contributed by atoms with Gasteiger partial charge in [-0.05, 0) is 26.2 Å². The zero-order valence-electron chi connectivity index (χ0n) is 15.7. The number of rotatable bonds is 5. The molecule has 1 aromatic rings. The van der Waals surface area contributed by atoms with Crippen molar-refractivity contribution in [2.45, 2.75) is 51.8 Å². The van der Waals surface area contributed by atoms with Crippen LogP contribution in [0.5, 0.6) is 0 Å². The fourth-order valence-electron chi connectivity index (χ4n) is 3.95. The lowest BCUT2D eigenvalue weighted by atomic mass is 10.0. The van der Waals surface area contributed by atoms with Gasteiger partial charge in [0, 0.05) is 46.4 Å². The predicted molar refractivity (Wildman–Crippen MR) is 92.6 cm³/mol. The van der Waals surface area contributed by atoms with Crippen LogP contribution in [-0.2, 0) is 20.9 Å². The predicted octanol–water partition coefficient (Wildman–Crippen LogP) is 1.37. The molecule has 2 aliphatic rings. The van der Waals surface area contributed by atoms with Crippen molar-refractivity contribution < 1.29 is 23.6 Å². The van der Waals surface area contributed by atoms with Crippen molar-refractivity contribution in [2.24, 2.45) is 0 Å². The molecule has 0 radical (unpaired) electrons. The van der Waals surface area contributed by atoms with Crippen molar-refractivity contribution in [1.82, 2.24) is 15.0 Å². The summed E-state index contributed by atoms with van der Waals surface area (Å²) < 4.78 is 15.8. The summed E-state index contributed by atoms with van der Waals surface area (Å²) in [6.45, 7) is 6.16. The lowest BCUT2D eigenvalue weighted by molar-refractivity contribution is -0.135. The van der Waals surface area contributed by atoms with Gasteiger partial charge in [-0.15, -0.1) is 0 Å². The number of carbonyl (C=O) groups excluding carboxylic acids is 2. The highest BCUT2D eigenvalue weighted by molar-refractivity contribution is 5.94. The molecule has 3 rings (SSSR count). The van der Waals surface area contributed by atoms with E-state index >= 15 is 0 Å². The minimum absolute atomic E-state index is 0.0402. The summed E-state index contributed by atoms with van der Waals surface area (Å²) in [5, 5.41) is 3.93. The molecule has 144 valence electrons. The van der Waals surface area contributed by atoms with Crippen molar-refractivity contribution in [1.29, 1.82) is 0 Å². The van der Waals surface area contributed by atoms with Gasteiger partial charge in [-0.3, -0.25) is 9.59 Å². The van der Waals surface area contributed by atoms with Crippen molar-refractivity contribution >= 4 is 11.8 Å². The van der Waals surface area contributed by atoms with Gasteiger partial charge in [0.05, 0.1) is 18.2 Å². The van der Waals surface area contributed by atoms with Gasteiger partial charge in [-0.2, -0.15) is 0 Å². The molecule has 2 aliphatic heterocycles. The number of methoxy groups -OCH3 is 1. The molecule has 8 heteroatoms. The molecular formula is C18H27N3O5. The van der Waals surface area contributed by atoms with Crippen LogP contribution in [0.4, 0.5) is 0 Å². The number of aromatic nitrogens is 1. The average Bonchev–Trinajstić information content (AvgIpc) is 3.24. The minimum Gasteiger partial charge on any atom is -0.381 e. The number of amides is 2. The van der Waals surface area contributed by atoms with Crippen molar-refractivity contribution in [2.75, 3.05) is 33.4 Å². The highest BCUT2D eigenvalue weighted by Gasteiger charge is 2.37. The van der Waals surface area contributed by atoms with Gasteiger partial charge < -0.3 is 23.8 Å². The fraction of sp³-hybridized carbons (Fsp3) is 0.722. The van der Waals surface area contributed by atoms with E-state index in [2.05, 4.69) is 5.16 Å². The SMILES string of the molecule is COCc1c(C(=O)N2CCC(N(C(C)=O)C3CCOCC3)C2)noc1C. The van der Waals surface area contributed by atoms with E-state index in [9.17, 15) is 9.59 Å². The Kier molecular flexibility index (Phi) is 5.93. The van der Waals surface area contributed by atoms with Crippen LogP contribution in [0.2, 0.25) is 0 Å². The normalized spacial score (nSPS) is 21.2. The van der Waals surface area contributed by atoms with Crippen LogP contribution in [0.15, 0.2) is 4.52 Å². The molecule has 3 heterocycles. The molecule has 0 bridgehead atoms. The molecule has 0 aromatic carbocycles. The summed E-state index contributed by atoms with van der Waals surface area (Å²) in [4.78, 5) is 28.9. The molecular weight excluding hydrogens is 338 g/mol. The summed E-state index contributed by atoms with van der Waals surface area (Å²) in [5.74, 6) is 0.499. The van der Waals surface area contributed by atoms with E-state index in [4.69, 9.17) is 14.0 Å². The van der Waals surface area contributed by atoms with Gasteiger partial charge in [0.25, 0.3) is 5.91 Å². The minimum atomic E-state index is -0.160. The number of aryl methyl sites for hydroxylation is 1. The first-order valence-corrected chi connectivity index (χ1v) is 9.13. The maximum atomic E-state index is 12.9. The fourth-order valence-corrected chi connectivity index (χ4v) is 3.95. The molecule has 2 amide bonds. The second kappa shape index (κ2) is 8.18. The Balaban J connectivity index is 1.70. The lowest BCUT2D eigenvalue weighted by Crippen LogP contribution is -2.49.